The first-order valence-corrected chi connectivity index (χ1v) is 4.01. The molecule has 1 atom stereocenters. The summed E-state index contributed by atoms with van der Waals surface area (Å²) in [4.78, 5) is 20.9. The molecule has 2 N–H and O–H groups in total. The minimum atomic E-state index is -1.15. The molecule has 0 radical (unpaired) electrons. The molecule has 1 rings (SSSR count). The van der Waals surface area contributed by atoms with Gasteiger partial charge in [0.1, 0.15) is 6.10 Å². The van der Waals surface area contributed by atoms with Crippen LogP contribution in [0.4, 0.5) is 0 Å². The van der Waals surface area contributed by atoms with Crippen LogP contribution in [0.3, 0.4) is 0 Å². The van der Waals surface area contributed by atoms with Gasteiger partial charge in [0.2, 0.25) is 0 Å². The van der Waals surface area contributed by atoms with Crippen molar-refractivity contribution in [2.75, 3.05) is 13.1 Å². The maximum Gasteiger partial charge on any atom is 0.331 e. The van der Waals surface area contributed by atoms with Gasteiger partial charge in [0, 0.05) is 18.7 Å². The van der Waals surface area contributed by atoms with Crippen molar-refractivity contribution < 1.29 is 19.4 Å². The van der Waals surface area contributed by atoms with Crippen molar-refractivity contribution in [2.45, 2.75) is 12.5 Å². The lowest BCUT2D eigenvalue weighted by Gasteiger charge is -2.07. The number of ether oxygens (including phenoxy) is 1. The SMILES string of the molecule is O=C(O)/C=C\C(=O)O[C@H]1CCNC1. The summed E-state index contributed by atoms with van der Waals surface area (Å²) in [5, 5.41) is 11.2. The van der Waals surface area contributed by atoms with Crippen LogP contribution in [-0.2, 0) is 14.3 Å². The summed E-state index contributed by atoms with van der Waals surface area (Å²) in [6.45, 7) is 1.48. The Morgan fingerprint density at radius 3 is 2.77 bits per heavy atom. The second kappa shape index (κ2) is 4.61. The molecule has 0 spiro atoms. The number of carbonyl (C=O) groups excluding carboxylic acids is 1. The summed E-state index contributed by atoms with van der Waals surface area (Å²) in [7, 11) is 0. The highest BCUT2D eigenvalue weighted by Gasteiger charge is 2.17. The Hall–Kier alpha value is -1.36. The molecule has 5 heteroatoms. The Kier molecular flexibility index (Phi) is 3.45. The highest BCUT2D eigenvalue weighted by atomic mass is 16.5. The molecule has 0 aromatic carbocycles. The van der Waals surface area contributed by atoms with Gasteiger partial charge in [0.05, 0.1) is 0 Å². The largest absolute Gasteiger partial charge is 0.478 e. The molecule has 0 amide bonds. The standard InChI is InChI=1S/C8H11NO4/c10-7(11)1-2-8(12)13-6-3-4-9-5-6/h1-2,6,9H,3-5H2,(H,10,11)/b2-1-/t6-/m0/s1. The van der Waals surface area contributed by atoms with Crippen LogP contribution in [0.25, 0.3) is 0 Å². The van der Waals surface area contributed by atoms with Crippen LogP contribution in [0, 0.1) is 0 Å². The van der Waals surface area contributed by atoms with E-state index >= 15 is 0 Å². The van der Waals surface area contributed by atoms with Crippen LogP contribution in [0.2, 0.25) is 0 Å². The summed E-state index contributed by atoms with van der Waals surface area (Å²) < 4.78 is 4.91. The molecule has 1 aliphatic heterocycles. The van der Waals surface area contributed by atoms with Crippen molar-refractivity contribution in [2.24, 2.45) is 0 Å². The lowest BCUT2D eigenvalue weighted by molar-refractivity contribution is -0.142. The van der Waals surface area contributed by atoms with Gasteiger partial charge in [-0.2, -0.15) is 0 Å². The fourth-order valence-corrected chi connectivity index (χ4v) is 1.07. The van der Waals surface area contributed by atoms with Crippen LogP contribution in [-0.4, -0.2) is 36.2 Å². The number of carboxylic acid groups (broad SMARTS) is 1. The molecule has 0 aliphatic carbocycles. The van der Waals surface area contributed by atoms with Gasteiger partial charge >= 0.3 is 11.9 Å². The Balaban J connectivity index is 2.28. The van der Waals surface area contributed by atoms with Gasteiger partial charge in [0.25, 0.3) is 0 Å². The first-order valence-electron chi connectivity index (χ1n) is 4.01. The Morgan fingerprint density at radius 1 is 1.46 bits per heavy atom. The van der Waals surface area contributed by atoms with E-state index in [-0.39, 0.29) is 6.10 Å². The third kappa shape index (κ3) is 3.71. The number of carboxylic acids is 1. The molecule has 1 fully saturated rings. The van der Waals surface area contributed by atoms with Gasteiger partial charge in [-0.05, 0) is 13.0 Å². The average Bonchev–Trinajstić information content (AvgIpc) is 2.53. The van der Waals surface area contributed by atoms with Gasteiger partial charge in [-0.25, -0.2) is 9.59 Å². The molecule has 0 bridgehead atoms. The average molecular weight is 185 g/mol. The van der Waals surface area contributed by atoms with Crippen molar-refractivity contribution in [1.29, 1.82) is 0 Å². The summed E-state index contributed by atoms with van der Waals surface area (Å²) in [5.74, 6) is -1.75. The van der Waals surface area contributed by atoms with Crippen molar-refractivity contribution in [3.63, 3.8) is 0 Å². The molecule has 1 saturated heterocycles. The third-order valence-corrected chi connectivity index (χ3v) is 1.66. The minimum Gasteiger partial charge on any atom is -0.478 e. The van der Waals surface area contributed by atoms with E-state index < -0.39 is 11.9 Å². The van der Waals surface area contributed by atoms with Crippen LogP contribution in [0.1, 0.15) is 6.42 Å². The predicted molar refractivity (Wildman–Crippen MR) is 44.1 cm³/mol. The van der Waals surface area contributed by atoms with Gasteiger partial charge < -0.3 is 15.2 Å². The summed E-state index contributed by atoms with van der Waals surface area (Å²) in [5.41, 5.74) is 0. The molecular weight excluding hydrogens is 174 g/mol. The molecular formula is C8H11NO4. The Labute approximate surface area is 75.4 Å². The van der Waals surface area contributed by atoms with Crippen LogP contribution >= 0.6 is 0 Å². The van der Waals surface area contributed by atoms with Crippen molar-refractivity contribution in [1.82, 2.24) is 5.32 Å². The molecule has 0 aromatic rings. The quantitative estimate of drug-likeness (QED) is 0.459. The molecule has 1 heterocycles. The van der Waals surface area contributed by atoms with E-state index in [1.54, 1.807) is 0 Å². The second-order valence-corrected chi connectivity index (χ2v) is 2.72. The van der Waals surface area contributed by atoms with E-state index in [1.807, 2.05) is 0 Å². The first-order chi connectivity index (χ1) is 6.18. The van der Waals surface area contributed by atoms with E-state index in [0.29, 0.717) is 6.54 Å². The molecule has 0 aromatic heterocycles. The van der Waals surface area contributed by atoms with Gasteiger partial charge in [-0.3, -0.25) is 0 Å². The van der Waals surface area contributed by atoms with Crippen molar-refractivity contribution in [3.8, 4) is 0 Å². The number of hydrogen-bond donors (Lipinski definition) is 2. The smallest absolute Gasteiger partial charge is 0.331 e. The summed E-state index contributed by atoms with van der Waals surface area (Å²) in [6.07, 6.45) is 2.35. The van der Waals surface area contributed by atoms with Crippen LogP contribution in [0.15, 0.2) is 12.2 Å². The summed E-state index contributed by atoms with van der Waals surface area (Å²) >= 11 is 0. The molecule has 1 aliphatic rings. The highest BCUT2D eigenvalue weighted by Crippen LogP contribution is 2.03. The first kappa shape index (κ1) is 9.73. The molecule has 13 heavy (non-hydrogen) atoms. The zero-order chi connectivity index (χ0) is 9.68. The van der Waals surface area contributed by atoms with Gasteiger partial charge in [0.15, 0.2) is 0 Å². The normalized spacial score (nSPS) is 22.0. The fraction of sp³-hybridized carbons (Fsp3) is 0.500. The number of aliphatic carboxylic acids is 1. The van der Waals surface area contributed by atoms with E-state index in [0.717, 1.165) is 25.1 Å². The Morgan fingerprint density at radius 2 is 2.23 bits per heavy atom. The van der Waals surface area contributed by atoms with E-state index in [1.165, 1.54) is 0 Å². The topological polar surface area (TPSA) is 75.6 Å². The fourth-order valence-electron chi connectivity index (χ4n) is 1.07. The monoisotopic (exact) mass is 185 g/mol. The van der Waals surface area contributed by atoms with Crippen molar-refractivity contribution in [3.05, 3.63) is 12.2 Å². The van der Waals surface area contributed by atoms with E-state index in [9.17, 15) is 9.59 Å². The maximum absolute atomic E-state index is 10.9. The third-order valence-electron chi connectivity index (χ3n) is 1.66. The van der Waals surface area contributed by atoms with Crippen molar-refractivity contribution >= 4 is 11.9 Å². The lowest BCUT2D eigenvalue weighted by Crippen LogP contribution is -2.19. The van der Waals surface area contributed by atoms with Crippen LogP contribution in [0.5, 0.6) is 0 Å². The number of nitrogens with one attached hydrogen (secondary N) is 1. The number of rotatable bonds is 3. The molecule has 72 valence electrons. The molecule has 0 saturated carbocycles. The molecule has 5 nitrogen and oxygen atoms in total. The molecule has 0 unspecified atom stereocenters. The number of hydrogen-bond acceptors (Lipinski definition) is 4. The highest BCUT2D eigenvalue weighted by molar-refractivity contribution is 5.90. The minimum absolute atomic E-state index is 0.119. The Bertz CT molecular complexity index is 230. The second-order valence-electron chi connectivity index (χ2n) is 2.72. The maximum atomic E-state index is 10.9. The van der Waals surface area contributed by atoms with Gasteiger partial charge in [-0.15, -0.1) is 0 Å². The van der Waals surface area contributed by atoms with E-state index in [2.05, 4.69) is 5.32 Å². The van der Waals surface area contributed by atoms with E-state index in [4.69, 9.17) is 9.84 Å². The zero-order valence-corrected chi connectivity index (χ0v) is 7.03. The van der Waals surface area contributed by atoms with Crippen LogP contribution < -0.4 is 5.32 Å². The number of esters is 1. The number of carbonyl (C=O) groups is 2. The predicted octanol–water partition coefficient (Wildman–Crippen LogP) is -0.468. The zero-order valence-electron chi connectivity index (χ0n) is 7.03. The summed E-state index contributed by atoms with van der Waals surface area (Å²) in [6, 6.07) is 0. The van der Waals surface area contributed by atoms with Gasteiger partial charge in [-0.1, -0.05) is 0 Å². The lowest BCUT2D eigenvalue weighted by atomic mass is 10.3.